The molecule has 0 rings (SSSR count). The summed E-state index contributed by atoms with van der Waals surface area (Å²) in [6.45, 7) is 4.31. The van der Waals surface area contributed by atoms with E-state index in [0.29, 0.717) is 11.1 Å². The Kier molecular flexibility index (Phi) is 5.28. The molecule has 0 unspecified atom stereocenters. The molecule has 3 heteroatoms. The Morgan fingerprint density at radius 2 is 2.25 bits per heavy atom. The van der Waals surface area contributed by atoms with Gasteiger partial charge in [0, 0.05) is 0 Å². The Hall–Kier alpha value is 0.0849. The minimum absolute atomic E-state index is 0.569. The standard InChI is InChI=1S/C5H11BOS/c1-5(2)3-4-6-8-7/h5H,3-4H2,1-2H3. The average molecular weight is 130 g/mol. The molecule has 0 aliphatic rings. The van der Waals surface area contributed by atoms with E-state index in [9.17, 15) is 4.21 Å². The van der Waals surface area contributed by atoms with Crippen molar-refractivity contribution in [1.82, 2.24) is 0 Å². The van der Waals surface area contributed by atoms with E-state index in [1.165, 1.54) is 0 Å². The van der Waals surface area contributed by atoms with Gasteiger partial charge in [0.2, 0.25) is 0 Å². The fourth-order valence-corrected chi connectivity index (χ4v) is 0.682. The van der Waals surface area contributed by atoms with E-state index in [1.54, 1.807) is 6.15 Å². The summed E-state index contributed by atoms with van der Waals surface area (Å²) in [5.74, 6) is 0.721. The van der Waals surface area contributed by atoms with Crippen molar-refractivity contribution in [3.8, 4) is 0 Å². The van der Waals surface area contributed by atoms with Crippen molar-refractivity contribution in [3.05, 3.63) is 0 Å². The summed E-state index contributed by atoms with van der Waals surface area (Å²) in [4.78, 5) is 0. The molecule has 1 nitrogen and oxygen atoms in total. The SMILES string of the molecule is CC(C)CCB=S=O. The molecule has 0 amide bonds. The van der Waals surface area contributed by atoms with E-state index < -0.39 is 0 Å². The topological polar surface area (TPSA) is 17.1 Å². The molecular formula is C5H11BOS. The molecule has 0 atom stereocenters. The summed E-state index contributed by atoms with van der Waals surface area (Å²) in [6, 6.07) is 0. The maximum absolute atomic E-state index is 9.77. The van der Waals surface area contributed by atoms with E-state index in [-0.39, 0.29) is 0 Å². The van der Waals surface area contributed by atoms with Gasteiger partial charge in [-0.2, -0.15) is 0 Å². The molecule has 0 saturated heterocycles. The molecule has 0 aliphatic heterocycles. The molecule has 0 saturated carbocycles. The molecule has 0 aromatic carbocycles. The Balaban J connectivity index is 3.05. The van der Waals surface area contributed by atoms with E-state index in [2.05, 4.69) is 13.8 Å². The van der Waals surface area contributed by atoms with Crippen LogP contribution in [0.15, 0.2) is 0 Å². The second-order valence-corrected chi connectivity index (χ2v) is 2.76. The van der Waals surface area contributed by atoms with Crippen LogP contribution in [0.25, 0.3) is 0 Å². The van der Waals surface area contributed by atoms with Crippen molar-refractivity contribution in [2.24, 2.45) is 5.92 Å². The van der Waals surface area contributed by atoms with Crippen molar-refractivity contribution < 1.29 is 4.21 Å². The van der Waals surface area contributed by atoms with Gasteiger partial charge in [0.15, 0.2) is 0 Å². The van der Waals surface area contributed by atoms with Crippen LogP contribution in [0, 0.1) is 5.92 Å². The fraction of sp³-hybridized carbons (Fsp3) is 1.00. The van der Waals surface area contributed by atoms with Gasteiger partial charge in [-0.3, -0.25) is 0 Å². The molecule has 46 valence electrons. The molecule has 0 aromatic heterocycles. The first-order valence-corrected chi connectivity index (χ1v) is 3.68. The van der Waals surface area contributed by atoms with Crippen molar-refractivity contribution in [2.75, 3.05) is 0 Å². The molecule has 0 aliphatic carbocycles. The van der Waals surface area contributed by atoms with Gasteiger partial charge in [-0.15, -0.1) is 0 Å². The van der Waals surface area contributed by atoms with Crippen LogP contribution in [0.5, 0.6) is 0 Å². The molecular weight excluding hydrogens is 119 g/mol. The van der Waals surface area contributed by atoms with Crippen LogP contribution in [-0.4, -0.2) is 10.4 Å². The van der Waals surface area contributed by atoms with E-state index in [1.807, 2.05) is 0 Å². The quantitative estimate of drug-likeness (QED) is 0.526. The minimum atomic E-state index is 0.569. The van der Waals surface area contributed by atoms with Crippen LogP contribution in [0.2, 0.25) is 6.32 Å². The van der Waals surface area contributed by atoms with Crippen LogP contribution in [0.1, 0.15) is 20.3 Å². The third kappa shape index (κ3) is 6.08. The fourth-order valence-electron chi connectivity index (χ4n) is 0.449. The summed E-state index contributed by atoms with van der Waals surface area (Å²) >= 11 is 0.569. The van der Waals surface area contributed by atoms with Crippen LogP contribution in [0.4, 0.5) is 0 Å². The van der Waals surface area contributed by atoms with E-state index >= 15 is 0 Å². The molecule has 0 heterocycles. The first-order valence-electron chi connectivity index (χ1n) is 2.87. The van der Waals surface area contributed by atoms with Crippen LogP contribution >= 0.6 is 0 Å². The molecule has 0 fully saturated rings. The molecule has 0 bridgehead atoms. The zero-order chi connectivity index (χ0) is 6.41. The third-order valence-electron chi connectivity index (χ3n) is 0.930. The second kappa shape index (κ2) is 5.23. The molecule has 0 spiro atoms. The Bertz CT molecular complexity index is 96.6. The first-order chi connectivity index (χ1) is 3.77. The van der Waals surface area contributed by atoms with Gasteiger partial charge in [0.1, 0.15) is 0 Å². The Morgan fingerprint density at radius 1 is 1.62 bits per heavy atom. The van der Waals surface area contributed by atoms with Crippen molar-refractivity contribution in [2.45, 2.75) is 26.6 Å². The van der Waals surface area contributed by atoms with E-state index in [4.69, 9.17) is 0 Å². The third-order valence-corrected chi connectivity index (χ3v) is 1.30. The number of hydrogen-bond donors (Lipinski definition) is 0. The molecule has 8 heavy (non-hydrogen) atoms. The molecule has 0 N–H and O–H groups in total. The van der Waals surface area contributed by atoms with E-state index in [0.717, 1.165) is 18.7 Å². The molecule has 0 radical (unpaired) electrons. The summed E-state index contributed by atoms with van der Waals surface area (Å²) < 4.78 is 9.77. The predicted molar refractivity (Wildman–Crippen MR) is 38.2 cm³/mol. The second-order valence-electron chi connectivity index (χ2n) is 2.23. The zero-order valence-electron chi connectivity index (χ0n) is 5.39. The zero-order valence-corrected chi connectivity index (χ0v) is 6.20. The number of hydrogen-bond acceptors (Lipinski definition) is 1. The average Bonchev–Trinajstić information content (AvgIpc) is 1.66. The number of rotatable bonds is 3. The summed E-state index contributed by atoms with van der Waals surface area (Å²) in [6.07, 6.45) is 3.79. The van der Waals surface area contributed by atoms with Crippen LogP contribution < -0.4 is 0 Å². The van der Waals surface area contributed by atoms with Crippen molar-refractivity contribution in [1.29, 1.82) is 0 Å². The predicted octanol–water partition coefficient (Wildman–Crippen LogP) is 1.28. The normalized spacial score (nSPS) is 8.88. The van der Waals surface area contributed by atoms with Gasteiger partial charge in [-0.1, -0.05) is 0 Å². The summed E-state index contributed by atoms with van der Waals surface area (Å²) in [5.41, 5.74) is 0. The van der Waals surface area contributed by atoms with Crippen molar-refractivity contribution >= 4 is 17.2 Å². The van der Waals surface area contributed by atoms with Gasteiger partial charge in [0.05, 0.1) is 0 Å². The van der Waals surface area contributed by atoms with Crippen molar-refractivity contribution in [3.63, 3.8) is 0 Å². The van der Waals surface area contributed by atoms with Gasteiger partial charge in [-0.05, 0) is 0 Å². The van der Waals surface area contributed by atoms with Gasteiger partial charge in [-0.25, -0.2) is 0 Å². The summed E-state index contributed by atoms with van der Waals surface area (Å²) in [5, 5.41) is 0. The Labute approximate surface area is 54.7 Å². The van der Waals surface area contributed by atoms with Crippen LogP contribution in [0.3, 0.4) is 0 Å². The monoisotopic (exact) mass is 130 g/mol. The molecule has 0 aromatic rings. The summed E-state index contributed by atoms with van der Waals surface area (Å²) in [7, 11) is 0. The van der Waals surface area contributed by atoms with Gasteiger partial charge < -0.3 is 0 Å². The van der Waals surface area contributed by atoms with Gasteiger partial charge >= 0.3 is 54.0 Å². The van der Waals surface area contributed by atoms with Crippen LogP contribution in [-0.2, 0) is 11.1 Å². The van der Waals surface area contributed by atoms with Gasteiger partial charge in [0.25, 0.3) is 0 Å². The maximum atomic E-state index is 9.77. The first kappa shape index (κ1) is 8.08. The Morgan fingerprint density at radius 3 is 2.62 bits per heavy atom.